The topological polar surface area (TPSA) is 80.2 Å². The van der Waals surface area contributed by atoms with Crippen LogP contribution in [0.3, 0.4) is 0 Å². The summed E-state index contributed by atoms with van der Waals surface area (Å²) in [5, 5.41) is 4.40. The maximum atomic E-state index is 14.3. The normalized spacial score (nSPS) is 17.5. The molecule has 1 atom stereocenters. The van der Waals surface area contributed by atoms with Crippen LogP contribution in [0.1, 0.15) is 38.3 Å². The molecule has 1 N–H and O–H groups in total. The summed E-state index contributed by atoms with van der Waals surface area (Å²) in [6.07, 6.45) is -5.72. The van der Waals surface area contributed by atoms with Gasteiger partial charge < -0.3 is 9.57 Å². The molecule has 7 nitrogen and oxygen atoms in total. The number of carbonyl (C=O) groups excluding carboxylic acids is 2. The molecule has 2 amide bonds. The van der Waals surface area contributed by atoms with Crippen LogP contribution in [0.15, 0.2) is 54.2 Å². The Morgan fingerprint density at radius 2 is 1.76 bits per heavy atom. The minimum atomic E-state index is -4.90. The van der Waals surface area contributed by atoms with Gasteiger partial charge in [0.15, 0.2) is 0 Å². The molecule has 0 aromatic heterocycles. The highest BCUT2D eigenvalue weighted by Crippen LogP contribution is 2.50. The SMILES string of the molecule is C=CC(=O)NN(C(=O)OC(C)(C)C)c1cc(C2=NOC(c3cc(Cl)cc(Cl)c3)(C(F)(F)F)C2)ccc1Cl. The van der Waals surface area contributed by atoms with E-state index in [1.165, 1.54) is 24.3 Å². The predicted octanol–water partition coefficient (Wildman–Crippen LogP) is 7.19. The molecule has 3 rings (SSSR count). The summed E-state index contributed by atoms with van der Waals surface area (Å²) in [6, 6.07) is 7.49. The van der Waals surface area contributed by atoms with Gasteiger partial charge in [-0.05, 0) is 57.2 Å². The van der Waals surface area contributed by atoms with Crippen LogP contribution < -0.4 is 10.4 Å². The summed E-state index contributed by atoms with van der Waals surface area (Å²) in [5.41, 5.74) is -1.90. The molecule has 1 heterocycles. The van der Waals surface area contributed by atoms with Crippen molar-refractivity contribution in [1.29, 1.82) is 0 Å². The van der Waals surface area contributed by atoms with Crippen LogP contribution in [-0.4, -0.2) is 29.5 Å². The molecular formula is C24H21Cl3F3N3O4. The van der Waals surface area contributed by atoms with E-state index in [0.29, 0.717) is 0 Å². The average Bonchev–Trinajstić information content (AvgIpc) is 3.23. The minimum absolute atomic E-state index is 0.0112. The number of oxime groups is 1. The van der Waals surface area contributed by atoms with Crippen LogP contribution in [0, 0.1) is 0 Å². The molecule has 0 fully saturated rings. The number of carbonyl (C=O) groups is 2. The quantitative estimate of drug-likeness (QED) is 0.308. The maximum absolute atomic E-state index is 14.3. The summed E-state index contributed by atoms with van der Waals surface area (Å²) >= 11 is 18.2. The van der Waals surface area contributed by atoms with E-state index in [1.807, 2.05) is 0 Å². The second kappa shape index (κ2) is 10.4. The Balaban J connectivity index is 2.04. The summed E-state index contributed by atoms with van der Waals surface area (Å²) in [5.74, 6) is -0.761. The Hall–Kier alpha value is -2.95. The van der Waals surface area contributed by atoms with Crippen molar-refractivity contribution in [2.45, 2.75) is 44.6 Å². The Morgan fingerprint density at radius 3 is 2.30 bits per heavy atom. The molecule has 37 heavy (non-hydrogen) atoms. The van der Waals surface area contributed by atoms with E-state index in [1.54, 1.807) is 20.8 Å². The number of hydrogen-bond acceptors (Lipinski definition) is 5. The molecule has 198 valence electrons. The number of hydrogen-bond donors (Lipinski definition) is 1. The molecule has 0 aliphatic carbocycles. The zero-order chi connectivity index (χ0) is 27.8. The molecule has 0 saturated heterocycles. The summed E-state index contributed by atoms with van der Waals surface area (Å²) in [7, 11) is 0. The van der Waals surface area contributed by atoms with Crippen molar-refractivity contribution in [3.63, 3.8) is 0 Å². The van der Waals surface area contributed by atoms with Gasteiger partial charge in [-0.3, -0.25) is 10.2 Å². The van der Waals surface area contributed by atoms with Crippen LogP contribution in [0.4, 0.5) is 23.7 Å². The van der Waals surface area contributed by atoms with Crippen LogP contribution in [0.5, 0.6) is 0 Å². The third-order valence-corrected chi connectivity index (χ3v) is 5.77. The molecule has 2 aromatic carbocycles. The van der Waals surface area contributed by atoms with Crippen LogP contribution in [0.2, 0.25) is 15.1 Å². The van der Waals surface area contributed by atoms with Gasteiger partial charge in [-0.15, -0.1) is 0 Å². The second-order valence-electron chi connectivity index (χ2n) is 8.95. The number of amides is 2. The fourth-order valence-corrected chi connectivity index (χ4v) is 4.10. The zero-order valence-corrected chi connectivity index (χ0v) is 22.0. The summed E-state index contributed by atoms with van der Waals surface area (Å²) in [4.78, 5) is 29.9. The highest BCUT2D eigenvalue weighted by molar-refractivity contribution is 6.35. The largest absolute Gasteiger partial charge is 0.442 e. The number of hydrazine groups is 1. The molecule has 0 saturated carbocycles. The Labute approximate surface area is 225 Å². The van der Waals surface area contributed by atoms with Crippen molar-refractivity contribution in [2.24, 2.45) is 5.16 Å². The monoisotopic (exact) mass is 577 g/mol. The number of benzene rings is 2. The first-order valence-corrected chi connectivity index (χ1v) is 11.7. The molecule has 0 radical (unpaired) electrons. The van der Waals surface area contributed by atoms with Gasteiger partial charge in [0.2, 0.25) is 0 Å². The van der Waals surface area contributed by atoms with E-state index < -0.39 is 35.8 Å². The highest BCUT2D eigenvalue weighted by Gasteiger charge is 2.62. The van der Waals surface area contributed by atoms with E-state index in [0.717, 1.165) is 23.2 Å². The van der Waals surface area contributed by atoms with E-state index >= 15 is 0 Å². The number of nitrogens with zero attached hydrogens (tertiary/aromatic N) is 2. The number of ether oxygens (including phenoxy) is 1. The first-order valence-electron chi connectivity index (χ1n) is 10.6. The fraction of sp³-hybridized carbons (Fsp3) is 0.292. The van der Waals surface area contributed by atoms with E-state index in [9.17, 15) is 22.8 Å². The number of anilines is 1. The summed E-state index contributed by atoms with van der Waals surface area (Å²) in [6.45, 7) is 8.17. The van der Waals surface area contributed by atoms with E-state index in [4.69, 9.17) is 44.4 Å². The Kier molecular flexibility index (Phi) is 8.07. The van der Waals surface area contributed by atoms with Crippen molar-refractivity contribution in [3.8, 4) is 0 Å². The lowest BCUT2D eigenvalue weighted by molar-refractivity contribution is -0.275. The molecular weight excluding hydrogens is 558 g/mol. The lowest BCUT2D eigenvalue weighted by atomic mass is 9.86. The average molecular weight is 579 g/mol. The van der Waals surface area contributed by atoms with Gasteiger partial charge in [-0.2, -0.15) is 18.2 Å². The first kappa shape index (κ1) is 28.6. The summed E-state index contributed by atoms with van der Waals surface area (Å²) < 4.78 is 48.3. The fourth-order valence-electron chi connectivity index (χ4n) is 3.38. The van der Waals surface area contributed by atoms with Crippen LogP contribution in [-0.2, 0) is 20.0 Å². The third-order valence-electron chi connectivity index (χ3n) is 5.02. The Morgan fingerprint density at radius 1 is 1.14 bits per heavy atom. The molecule has 13 heteroatoms. The highest BCUT2D eigenvalue weighted by atomic mass is 35.5. The molecule has 0 spiro atoms. The molecule has 1 aliphatic rings. The number of alkyl halides is 3. The standard InChI is InChI=1S/C24H21Cl3F3N3O4/c1-5-20(34)31-33(21(35)36-22(2,3)4)19-8-13(6-7-17(19)27)18-12-23(37-32-18,24(28,29)30)14-9-15(25)11-16(26)10-14/h5-11H,1,12H2,2-4H3,(H,31,34). The lowest BCUT2D eigenvalue weighted by Gasteiger charge is -2.30. The van der Waals surface area contributed by atoms with E-state index in [-0.39, 0.29) is 37.6 Å². The van der Waals surface area contributed by atoms with Crippen molar-refractivity contribution in [2.75, 3.05) is 5.01 Å². The second-order valence-corrected chi connectivity index (χ2v) is 10.2. The van der Waals surface area contributed by atoms with Gasteiger partial charge >= 0.3 is 12.3 Å². The minimum Gasteiger partial charge on any atom is -0.442 e. The van der Waals surface area contributed by atoms with E-state index in [2.05, 4.69) is 17.2 Å². The maximum Gasteiger partial charge on any atom is 0.435 e. The van der Waals surface area contributed by atoms with Gasteiger partial charge in [0.25, 0.3) is 11.5 Å². The molecule has 1 aliphatic heterocycles. The van der Waals surface area contributed by atoms with Crippen molar-refractivity contribution in [1.82, 2.24) is 5.43 Å². The van der Waals surface area contributed by atoms with Crippen LogP contribution in [0.25, 0.3) is 0 Å². The predicted molar refractivity (Wildman–Crippen MR) is 135 cm³/mol. The third kappa shape index (κ3) is 6.31. The van der Waals surface area contributed by atoms with Gasteiger partial charge in [-0.1, -0.05) is 52.6 Å². The number of nitrogens with one attached hydrogen (secondary N) is 1. The van der Waals surface area contributed by atoms with Gasteiger partial charge in [0, 0.05) is 27.6 Å². The van der Waals surface area contributed by atoms with Crippen molar-refractivity contribution < 1.29 is 32.3 Å². The van der Waals surface area contributed by atoms with Crippen molar-refractivity contribution in [3.05, 3.63) is 75.2 Å². The smallest absolute Gasteiger partial charge is 0.435 e. The van der Waals surface area contributed by atoms with Crippen molar-refractivity contribution >= 4 is 58.2 Å². The zero-order valence-electron chi connectivity index (χ0n) is 19.8. The number of halogens is 6. The van der Waals surface area contributed by atoms with Gasteiger partial charge in [-0.25, -0.2) is 4.79 Å². The number of rotatable bonds is 4. The van der Waals surface area contributed by atoms with Crippen LogP contribution >= 0.6 is 34.8 Å². The molecule has 1 unspecified atom stereocenters. The first-order chi connectivity index (χ1) is 17.1. The van der Waals surface area contributed by atoms with Gasteiger partial charge in [0.1, 0.15) is 5.60 Å². The molecule has 0 bridgehead atoms. The Bertz CT molecular complexity index is 1260. The molecule has 2 aromatic rings. The van der Waals surface area contributed by atoms with Gasteiger partial charge in [0.05, 0.1) is 16.4 Å². The lowest BCUT2D eigenvalue weighted by Crippen LogP contribution is -2.48.